The van der Waals surface area contributed by atoms with Crippen LogP contribution in [0.5, 0.6) is 0 Å². The zero-order valence-electron chi connectivity index (χ0n) is 16.5. The molecule has 3 atom stereocenters. The highest BCUT2D eigenvalue weighted by Crippen LogP contribution is 2.60. The molecular weight excluding hydrogens is 371 g/mol. The van der Waals surface area contributed by atoms with Crippen LogP contribution in [0.2, 0.25) is 0 Å². The van der Waals surface area contributed by atoms with Crippen molar-refractivity contribution in [3.63, 3.8) is 0 Å². The van der Waals surface area contributed by atoms with Gasteiger partial charge >= 0.3 is 6.18 Å². The average Bonchev–Trinajstić information content (AvgIpc) is 2.80. The fourth-order valence-electron chi connectivity index (χ4n) is 5.73. The van der Waals surface area contributed by atoms with Gasteiger partial charge in [-0.15, -0.1) is 0 Å². The molecule has 0 radical (unpaired) electrons. The molecule has 5 rings (SSSR count). The molecule has 2 aliphatic rings. The van der Waals surface area contributed by atoms with E-state index in [1.165, 1.54) is 34.4 Å². The van der Waals surface area contributed by atoms with Crippen LogP contribution in [0, 0.1) is 0 Å². The Bertz CT molecular complexity index is 1090. The highest BCUT2D eigenvalue weighted by molar-refractivity contribution is 5.51. The quantitative estimate of drug-likeness (QED) is 0.452. The maximum Gasteiger partial charge on any atom is 0.416 e. The topological polar surface area (TPSA) is 0 Å². The van der Waals surface area contributed by atoms with Crippen molar-refractivity contribution >= 4 is 0 Å². The summed E-state index contributed by atoms with van der Waals surface area (Å²) in [6, 6.07) is 23.1. The molecule has 2 bridgehead atoms. The minimum atomic E-state index is -4.32. The lowest BCUT2D eigenvalue weighted by Gasteiger charge is -2.52. The van der Waals surface area contributed by atoms with Gasteiger partial charge in [0.2, 0.25) is 0 Å². The van der Waals surface area contributed by atoms with Crippen LogP contribution in [-0.2, 0) is 24.7 Å². The molecule has 0 N–H and O–H groups in total. The lowest BCUT2D eigenvalue weighted by molar-refractivity contribution is -0.993. The summed E-state index contributed by atoms with van der Waals surface area (Å²) in [5.74, 6) is 0. The normalized spacial score (nSPS) is 27.4. The number of rotatable bonds is 2. The van der Waals surface area contributed by atoms with Gasteiger partial charge in [-0.1, -0.05) is 60.7 Å². The van der Waals surface area contributed by atoms with E-state index in [1.54, 1.807) is 0 Å². The number of likely N-dealkylation sites (N-methyl/N-ethyl adjacent to an activating group) is 1. The maximum atomic E-state index is 13.3. The van der Waals surface area contributed by atoms with Crippen LogP contribution >= 0.6 is 0 Å². The van der Waals surface area contributed by atoms with E-state index in [1.807, 2.05) is 6.07 Å². The van der Waals surface area contributed by atoms with Crippen LogP contribution in [0.15, 0.2) is 72.8 Å². The van der Waals surface area contributed by atoms with Crippen LogP contribution in [0.4, 0.5) is 13.2 Å². The number of hydrogen-bond donors (Lipinski definition) is 0. The van der Waals surface area contributed by atoms with Gasteiger partial charge in [-0.2, -0.15) is 13.2 Å². The molecule has 2 heterocycles. The first kappa shape index (κ1) is 18.4. The minimum Gasteiger partial charge on any atom is -0.304 e. The highest BCUT2D eigenvalue weighted by atomic mass is 19.4. The fraction of sp³-hybridized carbons (Fsp3) is 0.280. The second kappa shape index (κ2) is 5.96. The largest absolute Gasteiger partial charge is 0.416 e. The van der Waals surface area contributed by atoms with E-state index < -0.39 is 11.7 Å². The van der Waals surface area contributed by atoms with Crippen molar-refractivity contribution in [2.24, 2.45) is 0 Å². The Morgan fingerprint density at radius 3 is 2.38 bits per heavy atom. The number of nitrogens with zero attached hydrogens (tertiary/aromatic N) is 1. The third-order valence-electron chi connectivity index (χ3n) is 7.27. The summed E-state index contributed by atoms with van der Waals surface area (Å²) in [6.45, 7) is 2.81. The molecule has 2 aliphatic heterocycles. The lowest BCUT2D eigenvalue weighted by Crippen LogP contribution is -2.58. The molecule has 148 valence electrons. The van der Waals surface area contributed by atoms with Crippen molar-refractivity contribution in [3.8, 4) is 0 Å². The van der Waals surface area contributed by atoms with Crippen molar-refractivity contribution in [1.82, 2.24) is 0 Å². The Morgan fingerprint density at radius 1 is 0.931 bits per heavy atom. The summed E-state index contributed by atoms with van der Waals surface area (Å²) in [6.07, 6.45) is -3.42. The molecule has 0 saturated carbocycles. The zero-order valence-corrected chi connectivity index (χ0v) is 16.5. The second-order valence-electron chi connectivity index (χ2n) is 8.66. The monoisotopic (exact) mass is 394 g/mol. The third-order valence-corrected chi connectivity index (χ3v) is 7.27. The number of fused-ring (bicyclic) bond motifs is 7. The Kier molecular flexibility index (Phi) is 3.79. The molecule has 3 aromatic carbocycles. The number of quaternary nitrogens is 1. The van der Waals surface area contributed by atoms with Crippen molar-refractivity contribution < 1.29 is 17.7 Å². The van der Waals surface area contributed by atoms with Gasteiger partial charge in [0.1, 0.15) is 18.1 Å². The van der Waals surface area contributed by atoms with Gasteiger partial charge in [0.05, 0.1) is 12.6 Å². The summed E-state index contributed by atoms with van der Waals surface area (Å²) in [7, 11) is 2.21. The van der Waals surface area contributed by atoms with Gasteiger partial charge in [0.15, 0.2) is 0 Å². The van der Waals surface area contributed by atoms with Gasteiger partial charge in [-0.3, -0.25) is 0 Å². The SMILES string of the molecule is C[C@@]12c3ccccc3C[C@@H](c3ccccc31)[N@@+]2(C)Cc1cccc(C(F)(F)F)c1. The van der Waals surface area contributed by atoms with E-state index in [9.17, 15) is 13.2 Å². The predicted molar refractivity (Wildman–Crippen MR) is 107 cm³/mol. The lowest BCUT2D eigenvalue weighted by atomic mass is 9.78. The zero-order chi connectivity index (χ0) is 20.4. The highest BCUT2D eigenvalue weighted by Gasteiger charge is 2.62. The molecule has 3 aromatic rings. The average molecular weight is 394 g/mol. The predicted octanol–water partition coefficient (Wildman–Crippen LogP) is 6.23. The molecular formula is C25H23F3N+. The van der Waals surface area contributed by atoms with E-state index in [0.717, 1.165) is 18.1 Å². The summed E-state index contributed by atoms with van der Waals surface area (Å²) in [5.41, 5.74) is 5.10. The molecule has 1 nitrogen and oxygen atoms in total. The van der Waals surface area contributed by atoms with E-state index in [-0.39, 0.29) is 11.6 Å². The standard InChI is InChI=1S/C25H23F3N/c1-24-21-12-5-3-9-18(21)15-23(20-11-4-6-13-22(20)24)29(24,2)16-17-8-7-10-19(14-17)25(26,27)28/h3-14,23H,15-16H2,1-2H3/q+1/t23-,24+,29+/m0/s1. The van der Waals surface area contributed by atoms with Crippen molar-refractivity contribution in [2.45, 2.75) is 37.6 Å². The van der Waals surface area contributed by atoms with Crippen LogP contribution in [0.25, 0.3) is 0 Å². The molecule has 0 saturated heterocycles. The Morgan fingerprint density at radius 2 is 1.62 bits per heavy atom. The summed E-state index contributed by atoms with van der Waals surface area (Å²) < 4.78 is 40.5. The van der Waals surface area contributed by atoms with Gasteiger partial charge in [0.25, 0.3) is 0 Å². The van der Waals surface area contributed by atoms with Gasteiger partial charge in [-0.05, 0) is 24.6 Å². The summed E-state index contributed by atoms with van der Waals surface area (Å²) in [4.78, 5) is 0. The van der Waals surface area contributed by atoms with E-state index in [2.05, 4.69) is 62.5 Å². The number of alkyl halides is 3. The van der Waals surface area contributed by atoms with Crippen molar-refractivity contribution in [2.75, 3.05) is 7.05 Å². The van der Waals surface area contributed by atoms with E-state index >= 15 is 0 Å². The molecule has 0 aliphatic carbocycles. The van der Waals surface area contributed by atoms with Gasteiger partial charge < -0.3 is 4.48 Å². The van der Waals surface area contributed by atoms with E-state index in [4.69, 9.17) is 0 Å². The van der Waals surface area contributed by atoms with Crippen LogP contribution in [0.3, 0.4) is 0 Å². The molecule has 0 fully saturated rings. The number of halogens is 3. The fourth-order valence-corrected chi connectivity index (χ4v) is 5.73. The van der Waals surface area contributed by atoms with Crippen molar-refractivity contribution in [1.29, 1.82) is 0 Å². The van der Waals surface area contributed by atoms with Gasteiger partial charge in [-0.25, -0.2) is 0 Å². The maximum absolute atomic E-state index is 13.3. The molecule has 0 unspecified atom stereocenters. The first-order chi connectivity index (χ1) is 13.7. The molecule has 4 heteroatoms. The number of hydrogen-bond acceptors (Lipinski definition) is 0. The molecule has 0 amide bonds. The van der Waals surface area contributed by atoms with Gasteiger partial charge in [0, 0.05) is 28.7 Å². The van der Waals surface area contributed by atoms with E-state index in [0.29, 0.717) is 11.0 Å². The molecule has 29 heavy (non-hydrogen) atoms. The summed E-state index contributed by atoms with van der Waals surface area (Å²) in [5, 5.41) is 0. The third kappa shape index (κ3) is 2.45. The first-order valence-corrected chi connectivity index (χ1v) is 9.94. The van der Waals surface area contributed by atoms with Crippen LogP contribution in [0.1, 0.15) is 46.3 Å². The Hall–Kier alpha value is -2.59. The minimum absolute atomic E-state index is 0.223. The Balaban J connectivity index is 1.68. The Labute approximate surface area is 169 Å². The molecule has 0 spiro atoms. The molecule has 0 aromatic heterocycles. The van der Waals surface area contributed by atoms with Crippen LogP contribution < -0.4 is 0 Å². The smallest absolute Gasteiger partial charge is 0.304 e. The first-order valence-electron chi connectivity index (χ1n) is 9.94. The van der Waals surface area contributed by atoms with Crippen LogP contribution in [-0.4, -0.2) is 11.5 Å². The van der Waals surface area contributed by atoms with Crippen molar-refractivity contribution in [3.05, 3.63) is 106 Å². The second-order valence-corrected chi connectivity index (χ2v) is 8.66. The number of benzene rings is 3. The summed E-state index contributed by atoms with van der Waals surface area (Å²) >= 11 is 0.